The zero-order valence-electron chi connectivity index (χ0n) is 21.6. The average Bonchev–Trinajstić information content (AvgIpc) is 2.86. The Hall–Kier alpha value is -3.52. The van der Waals surface area contributed by atoms with Crippen molar-refractivity contribution in [3.63, 3.8) is 0 Å². The largest absolute Gasteiger partial charge is 0.492 e. The molecule has 1 unspecified atom stereocenters. The first-order valence-electron chi connectivity index (χ1n) is 12.2. The molecule has 2 rings (SSSR count). The lowest BCUT2D eigenvalue weighted by Crippen LogP contribution is -2.39. The molecule has 8 nitrogen and oxygen atoms in total. The van der Waals surface area contributed by atoms with Gasteiger partial charge < -0.3 is 29.5 Å². The number of anilines is 1. The first-order valence-corrected chi connectivity index (χ1v) is 12.2. The minimum atomic E-state index is -4.54. The molecule has 0 aromatic heterocycles. The van der Waals surface area contributed by atoms with E-state index in [-0.39, 0.29) is 44.8 Å². The maximum Gasteiger partial charge on any atom is 0.416 e. The van der Waals surface area contributed by atoms with Crippen LogP contribution in [0.2, 0.25) is 0 Å². The fourth-order valence-corrected chi connectivity index (χ4v) is 3.49. The van der Waals surface area contributed by atoms with E-state index in [4.69, 9.17) is 14.6 Å². The van der Waals surface area contributed by atoms with Gasteiger partial charge in [-0.1, -0.05) is 12.1 Å². The molecule has 0 saturated carbocycles. The van der Waals surface area contributed by atoms with Gasteiger partial charge >= 0.3 is 24.4 Å². The molecule has 2 amide bonds. The number of benzene rings is 2. The van der Waals surface area contributed by atoms with Gasteiger partial charge in [-0.05, 0) is 55.3 Å². The van der Waals surface area contributed by atoms with E-state index in [1.54, 1.807) is 31.2 Å². The highest BCUT2D eigenvalue weighted by Gasteiger charge is 2.30. The SMILES string of the molecule is CCOC(CC(=O)O)c1ccc(OCCN(CCCOCC(F)(F)F)C(=O)Nc2ccc(C(F)(F)F)cc2)cc1. The van der Waals surface area contributed by atoms with Gasteiger partial charge in [-0.3, -0.25) is 4.79 Å². The van der Waals surface area contributed by atoms with Crippen molar-refractivity contribution in [2.45, 2.75) is 38.2 Å². The molecule has 0 aliphatic heterocycles. The molecule has 0 spiro atoms. The second kappa shape index (κ2) is 15.3. The number of carboxylic acids is 1. The van der Waals surface area contributed by atoms with E-state index >= 15 is 0 Å². The Labute approximate surface area is 226 Å². The summed E-state index contributed by atoms with van der Waals surface area (Å²) in [6.45, 7) is 0.318. The predicted octanol–water partition coefficient (Wildman–Crippen LogP) is 6.14. The molecule has 14 heteroatoms. The number of hydrogen-bond acceptors (Lipinski definition) is 5. The van der Waals surface area contributed by atoms with Gasteiger partial charge in [0.1, 0.15) is 19.0 Å². The third-order valence-corrected chi connectivity index (χ3v) is 5.34. The summed E-state index contributed by atoms with van der Waals surface area (Å²) in [4.78, 5) is 25.1. The number of urea groups is 1. The number of carboxylic acid groups (broad SMARTS) is 1. The third-order valence-electron chi connectivity index (χ3n) is 5.34. The fraction of sp³-hybridized carbons (Fsp3) is 0.462. The van der Waals surface area contributed by atoms with Crippen LogP contribution >= 0.6 is 0 Å². The van der Waals surface area contributed by atoms with Crippen molar-refractivity contribution in [2.75, 3.05) is 44.8 Å². The molecule has 0 bridgehead atoms. The third kappa shape index (κ3) is 12.1. The van der Waals surface area contributed by atoms with Crippen molar-refractivity contribution in [1.82, 2.24) is 4.90 Å². The van der Waals surface area contributed by atoms with Crippen LogP contribution in [0.5, 0.6) is 5.75 Å². The van der Waals surface area contributed by atoms with Crippen LogP contribution in [0.4, 0.5) is 36.8 Å². The number of ether oxygens (including phenoxy) is 3. The van der Waals surface area contributed by atoms with E-state index < -0.39 is 42.6 Å². The second-order valence-electron chi connectivity index (χ2n) is 8.47. The second-order valence-corrected chi connectivity index (χ2v) is 8.47. The van der Waals surface area contributed by atoms with Gasteiger partial charge in [0.05, 0.1) is 24.6 Å². The van der Waals surface area contributed by atoms with Crippen LogP contribution in [0.1, 0.15) is 37.0 Å². The molecule has 0 heterocycles. The van der Waals surface area contributed by atoms with Crippen molar-refractivity contribution < 1.29 is 55.2 Å². The lowest BCUT2D eigenvalue weighted by Gasteiger charge is -2.23. The molecule has 2 N–H and O–H groups in total. The Morgan fingerprint density at radius 2 is 1.60 bits per heavy atom. The summed E-state index contributed by atoms with van der Waals surface area (Å²) in [5, 5.41) is 11.5. The summed E-state index contributed by atoms with van der Waals surface area (Å²) in [5.41, 5.74) is -0.162. The van der Waals surface area contributed by atoms with Crippen LogP contribution in [0.15, 0.2) is 48.5 Å². The van der Waals surface area contributed by atoms with E-state index in [0.717, 1.165) is 24.3 Å². The summed E-state index contributed by atoms with van der Waals surface area (Å²) in [6.07, 6.45) is -9.82. The highest BCUT2D eigenvalue weighted by atomic mass is 19.4. The minimum absolute atomic E-state index is 0.00588. The Morgan fingerprint density at radius 3 is 2.15 bits per heavy atom. The smallest absolute Gasteiger partial charge is 0.416 e. The van der Waals surface area contributed by atoms with Crippen molar-refractivity contribution in [1.29, 1.82) is 0 Å². The maximum absolute atomic E-state index is 12.8. The predicted molar refractivity (Wildman–Crippen MR) is 132 cm³/mol. The van der Waals surface area contributed by atoms with Crippen LogP contribution in [0.3, 0.4) is 0 Å². The van der Waals surface area contributed by atoms with Crippen LogP contribution < -0.4 is 10.1 Å². The monoisotopic (exact) mass is 580 g/mol. The number of amides is 2. The van der Waals surface area contributed by atoms with Crippen LogP contribution in [0.25, 0.3) is 0 Å². The number of aliphatic carboxylic acids is 1. The number of nitrogens with zero attached hydrogens (tertiary/aromatic N) is 1. The maximum atomic E-state index is 12.8. The fourth-order valence-electron chi connectivity index (χ4n) is 3.49. The number of nitrogens with one attached hydrogen (secondary N) is 1. The normalized spacial score (nSPS) is 12.6. The summed E-state index contributed by atoms with van der Waals surface area (Å²) in [7, 11) is 0. The van der Waals surface area contributed by atoms with Crippen LogP contribution in [0, 0.1) is 0 Å². The lowest BCUT2D eigenvalue weighted by atomic mass is 10.1. The van der Waals surface area contributed by atoms with Crippen LogP contribution in [-0.4, -0.2) is 67.7 Å². The standard InChI is InChI=1S/C26H30F6N2O6/c1-2-39-22(16-23(35)36)18-4-10-21(11-5-18)40-15-13-34(12-3-14-38-17-25(27,28)29)24(37)33-20-8-6-19(7-9-20)26(30,31)32/h4-11,22H,2-3,12-17H2,1H3,(H,33,37)(H,35,36). The van der Waals surface area contributed by atoms with Gasteiger partial charge in [-0.25, -0.2) is 4.79 Å². The van der Waals surface area contributed by atoms with Gasteiger partial charge in [0.15, 0.2) is 0 Å². The number of carbonyl (C=O) groups is 2. The van der Waals surface area contributed by atoms with Gasteiger partial charge in [-0.15, -0.1) is 0 Å². The van der Waals surface area contributed by atoms with E-state index in [1.165, 1.54) is 4.90 Å². The molecule has 2 aromatic rings. The number of rotatable bonds is 15. The summed E-state index contributed by atoms with van der Waals surface area (Å²) in [6, 6.07) is 9.59. The molecule has 40 heavy (non-hydrogen) atoms. The highest BCUT2D eigenvalue weighted by molar-refractivity contribution is 5.89. The molecular formula is C26H30F6N2O6. The number of carbonyl (C=O) groups excluding carboxylic acids is 1. The summed E-state index contributed by atoms with van der Waals surface area (Å²) in [5.74, 6) is -0.608. The van der Waals surface area contributed by atoms with E-state index in [9.17, 15) is 35.9 Å². The zero-order chi connectivity index (χ0) is 29.8. The molecule has 2 aromatic carbocycles. The average molecular weight is 581 g/mol. The first kappa shape index (κ1) is 32.7. The van der Waals surface area contributed by atoms with Gasteiger partial charge in [0, 0.05) is 25.4 Å². The molecule has 0 fully saturated rings. The van der Waals surface area contributed by atoms with Gasteiger partial charge in [0.2, 0.25) is 0 Å². The Kier molecular flexibility index (Phi) is 12.5. The highest BCUT2D eigenvalue weighted by Crippen LogP contribution is 2.30. The molecule has 0 aliphatic carbocycles. The molecule has 0 aliphatic rings. The van der Waals surface area contributed by atoms with E-state index in [2.05, 4.69) is 10.1 Å². The Balaban J connectivity index is 1.99. The first-order chi connectivity index (χ1) is 18.8. The molecule has 0 radical (unpaired) electrons. The zero-order valence-corrected chi connectivity index (χ0v) is 21.6. The van der Waals surface area contributed by atoms with Crippen molar-refractivity contribution in [3.8, 4) is 5.75 Å². The van der Waals surface area contributed by atoms with E-state index in [0.29, 0.717) is 17.9 Å². The van der Waals surface area contributed by atoms with Crippen molar-refractivity contribution >= 4 is 17.7 Å². The molecule has 0 saturated heterocycles. The van der Waals surface area contributed by atoms with Crippen LogP contribution in [-0.2, 0) is 20.4 Å². The van der Waals surface area contributed by atoms with Crippen molar-refractivity contribution in [2.24, 2.45) is 0 Å². The number of halogens is 6. The quantitative estimate of drug-likeness (QED) is 0.194. The topological polar surface area (TPSA) is 97.3 Å². The molecule has 222 valence electrons. The van der Waals surface area contributed by atoms with Gasteiger partial charge in [0.25, 0.3) is 0 Å². The Morgan fingerprint density at radius 1 is 0.950 bits per heavy atom. The minimum Gasteiger partial charge on any atom is -0.492 e. The number of hydrogen-bond donors (Lipinski definition) is 2. The summed E-state index contributed by atoms with van der Waals surface area (Å²) >= 11 is 0. The van der Waals surface area contributed by atoms with Crippen molar-refractivity contribution in [3.05, 3.63) is 59.7 Å². The number of alkyl halides is 6. The Bertz CT molecular complexity index is 1060. The van der Waals surface area contributed by atoms with E-state index in [1.807, 2.05) is 0 Å². The molecular weight excluding hydrogens is 550 g/mol. The lowest BCUT2D eigenvalue weighted by molar-refractivity contribution is -0.174. The summed E-state index contributed by atoms with van der Waals surface area (Å²) < 4.78 is 90.9. The molecule has 1 atom stereocenters. The van der Waals surface area contributed by atoms with Gasteiger partial charge in [-0.2, -0.15) is 26.3 Å².